The first kappa shape index (κ1) is 27.2. The third-order valence-electron chi connectivity index (χ3n) is 10.2. The van der Waals surface area contributed by atoms with Gasteiger partial charge in [0.1, 0.15) is 11.6 Å². The van der Waals surface area contributed by atoms with Gasteiger partial charge in [0.25, 0.3) is 0 Å². The molecule has 0 radical (unpaired) electrons. The van der Waals surface area contributed by atoms with Gasteiger partial charge in [-0.3, -0.25) is 33.8 Å². The average molecular weight is 556 g/mol. The number of likely N-dealkylation sites (N-methyl/N-ethyl adjacent to an activating group) is 1. The lowest BCUT2D eigenvalue weighted by molar-refractivity contribution is -0.181. The van der Waals surface area contributed by atoms with E-state index >= 15 is 4.39 Å². The molecule has 5 aliphatic rings. The lowest BCUT2D eigenvalue weighted by atomic mass is 9.52. The molecule has 1 aliphatic heterocycles. The van der Waals surface area contributed by atoms with E-state index in [1.165, 1.54) is 25.1 Å². The smallest absolute Gasteiger partial charge is 0.235 e. The highest BCUT2D eigenvalue weighted by molar-refractivity contribution is 6.32. The molecule has 6 atom stereocenters. The first-order valence-corrected chi connectivity index (χ1v) is 14.0. The molecule has 10 nitrogen and oxygen atoms in total. The van der Waals surface area contributed by atoms with Crippen LogP contribution in [0.15, 0.2) is 6.07 Å². The predicted molar refractivity (Wildman–Crippen MR) is 138 cm³/mol. The van der Waals surface area contributed by atoms with Gasteiger partial charge in [0.2, 0.25) is 5.91 Å². The van der Waals surface area contributed by atoms with Crippen molar-refractivity contribution in [3.05, 3.63) is 28.6 Å². The van der Waals surface area contributed by atoms with Crippen molar-refractivity contribution >= 4 is 29.0 Å². The topological polar surface area (TPSA) is 158 Å². The summed E-state index contributed by atoms with van der Waals surface area (Å²) in [4.78, 5) is 69.8. The number of rotatable bonds is 4. The molecule has 0 bridgehead atoms. The van der Waals surface area contributed by atoms with Gasteiger partial charge in [-0.1, -0.05) is 6.42 Å². The van der Waals surface area contributed by atoms with E-state index in [9.17, 15) is 34.2 Å². The van der Waals surface area contributed by atoms with Gasteiger partial charge in [0, 0.05) is 29.1 Å². The maximum Gasteiger partial charge on any atom is 0.235 e. The van der Waals surface area contributed by atoms with E-state index < -0.39 is 75.9 Å². The Morgan fingerprint density at radius 2 is 1.85 bits per heavy atom. The molecule has 1 aromatic rings. The quantitative estimate of drug-likeness (QED) is 0.451. The van der Waals surface area contributed by atoms with Crippen LogP contribution in [0, 0.1) is 29.5 Å². The van der Waals surface area contributed by atoms with Crippen LogP contribution in [-0.4, -0.2) is 86.9 Å². The maximum absolute atomic E-state index is 16.1. The fourth-order valence-corrected chi connectivity index (χ4v) is 8.14. The molecule has 2 unspecified atom stereocenters. The SMILES string of the molecule is CN(C)[C@@H]1C(=O)C(C(N)=O)C(=O)[C@@]2(O)C(=O)C3C(=O)c4c(O)cc(CN5CCCCC56CC6)c(F)c4C[C@H]3C[C@@H]12. The number of primary amides is 1. The lowest BCUT2D eigenvalue weighted by Gasteiger charge is -2.52. The number of carbonyl (C=O) groups is 5. The summed E-state index contributed by atoms with van der Waals surface area (Å²) in [6, 6.07) is 0.0531. The highest BCUT2D eigenvalue weighted by Crippen LogP contribution is 2.52. The number of fused-ring (bicyclic) bond motifs is 3. The Balaban J connectivity index is 1.39. The number of carbonyl (C=O) groups excluding carboxylic acids is 5. The summed E-state index contributed by atoms with van der Waals surface area (Å²) in [5.74, 6) is -12.1. The largest absolute Gasteiger partial charge is 0.507 e. The Morgan fingerprint density at radius 3 is 2.48 bits per heavy atom. The number of aliphatic hydroxyl groups is 1. The molecule has 4 fully saturated rings. The van der Waals surface area contributed by atoms with Crippen LogP contribution in [0.5, 0.6) is 5.75 Å². The number of aromatic hydroxyl groups is 1. The standard InChI is InChI=1S/C29H34FN3O7/c1-32(2)22-16-10-13-9-15-19(17(34)11-14(21(15)30)12-33-8-4-3-5-28(33)6-7-28)23(35)18(13)25(37)29(16,40)26(38)20(24(22)36)27(31)39/h11,13,16,18,20,22,34,40H,3-10,12H2,1-2H3,(H2,31,39)/t13-,16-,18?,20?,22-,29-/m0/s1. The third kappa shape index (κ3) is 3.60. The van der Waals surface area contributed by atoms with E-state index in [2.05, 4.69) is 4.90 Å². The minimum atomic E-state index is -2.79. The number of phenols is 1. The third-order valence-corrected chi connectivity index (χ3v) is 10.2. The van der Waals surface area contributed by atoms with Crippen LogP contribution in [0.1, 0.15) is 60.0 Å². The Hall–Kier alpha value is -3.02. The number of nitrogens with two attached hydrogens (primary N) is 1. The maximum atomic E-state index is 16.1. The van der Waals surface area contributed by atoms with E-state index in [1.807, 2.05) is 0 Å². The zero-order valence-electron chi connectivity index (χ0n) is 22.6. The summed E-state index contributed by atoms with van der Waals surface area (Å²) in [7, 11) is 3.04. The summed E-state index contributed by atoms with van der Waals surface area (Å²) in [5, 5.41) is 22.6. The number of piperidine rings is 1. The van der Waals surface area contributed by atoms with Crippen LogP contribution in [0.3, 0.4) is 0 Å². The van der Waals surface area contributed by atoms with Crippen LogP contribution < -0.4 is 5.73 Å². The summed E-state index contributed by atoms with van der Waals surface area (Å²) in [6.07, 6.45) is 5.13. The number of nitrogens with zero attached hydrogens (tertiary/aromatic N) is 2. The van der Waals surface area contributed by atoms with E-state index in [0.717, 1.165) is 38.6 Å². The van der Waals surface area contributed by atoms with Gasteiger partial charge in [0.05, 0.1) is 17.5 Å². The Morgan fingerprint density at radius 1 is 1.15 bits per heavy atom. The van der Waals surface area contributed by atoms with Crippen LogP contribution in [0.25, 0.3) is 0 Å². The molecule has 4 N–H and O–H groups in total. The summed E-state index contributed by atoms with van der Waals surface area (Å²) >= 11 is 0. The normalized spacial score (nSPS) is 35.0. The van der Waals surface area contributed by atoms with Crippen LogP contribution in [0.4, 0.5) is 4.39 Å². The Kier molecular flexibility index (Phi) is 6.11. The number of halogens is 1. The summed E-state index contributed by atoms with van der Waals surface area (Å²) in [5.41, 5.74) is 2.61. The van der Waals surface area contributed by atoms with Crippen molar-refractivity contribution in [3.63, 3.8) is 0 Å². The molecule has 0 aromatic heterocycles. The average Bonchev–Trinajstić information content (AvgIpc) is 3.65. The number of Topliss-reactive ketones (excluding diaryl/α,β-unsaturated/α-hetero) is 4. The van der Waals surface area contributed by atoms with E-state index in [4.69, 9.17) is 5.73 Å². The monoisotopic (exact) mass is 555 g/mol. The number of hydrogen-bond donors (Lipinski definition) is 3. The predicted octanol–water partition coefficient (Wildman–Crippen LogP) is 0.525. The second-order valence-electron chi connectivity index (χ2n) is 12.6. The minimum absolute atomic E-state index is 0.0197. The molecule has 4 aliphatic carbocycles. The molecular weight excluding hydrogens is 521 g/mol. The van der Waals surface area contributed by atoms with E-state index in [1.54, 1.807) is 0 Å². The summed E-state index contributed by atoms with van der Waals surface area (Å²) < 4.78 is 16.1. The molecule has 40 heavy (non-hydrogen) atoms. The fourth-order valence-electron chi connectivity index (χ4n) is 8.14. The van der Waals surface area contributed by atoms with Gasteiger partial charge in [-0.15, -0.1) is 0 Å². The molecule has 3 saturated carbocycles. The van der Waals surface area contributed by atoms with Crippen LogP contribution in [0.2, 0.25) is 0 Å². The van der Waals surface area contributed by atoms with Crippen molar-refractivity contribution in [3.8, 4) is 5.75 Å². The van der Waals surface area contributed by atoms with Gasteiger partial charge >= 0.3 is 0 Å². The van der Waals surface area contributed by atoms with Crippen LogP contribution >= 0.6 is 0 Å². The van der Waals surface area contributed by atoms with Crippen molar-refractivity contribution in [2.75, 3.05) is 20.6 Å². The second-order valence-corrected chi connectivity index (χ2v) is 12.6. The van der Waals surface area contributed by atoms with Crippen molar-refractivity contribution in [1.29, 1.82) is 0 Å². The van der Waals surface area contributed by atoms with E-state index in [-0.39, 0.29) is 35.1 Å². The molecule has 6 rings (SSSR count). The molecule has 1 aromatic carbocycles. The zero-order chi connectivity index (χ0) is 28.9. The Bertz CT molecular complexity index is 1370. The minimum Gasteiger partial charge on any atom is -0.507 e. The first-order chi connectivity index (χ1) is 18.8. The molecule has 11 heteroatoms. The highest BCUT2D eigenvalue weighted by atomic mass is 19.1. The lowest BCUT2D eigenvalue weighted by Crippen LogP contribution is -2.74. The van der Waals surface area contributed by atoms with Crippen molar-refractivity contribution in [1.82, 2.24) is 9.80 Å². The zero-order valence-corrected chi connectivity index (χ0v) is 22.6. The second kappa shape index (κ2) is 8.99. The van der Waals surface area contributed by atoms with Crippen molar-refractivity contribution in [2.45, 2.75) is 68.7 Å². The van der Waals surface area contributed by atoms with Crippen molar-refractivity contribution in [2.24, 2.45) is 29.4 Å². The first-order valence-electron chi connectivity index (χ1n) is 14.0. The fraction of sp³-hybridized carbons (Fsp3) is 0.621. The number of benzene rings is 1. The molecule has 214 valence electrons. The van der Waals surface area contributed by atoms with Gasteiger partial charge in [-0.05, 0) is 71.1 Å². The molecule has 1 heterocycles. The number of likely N-dealkylation sites (tertiary alicyclic amines) is 1. The van der Waals surface area contributed by atoms with E-state index in [0.29, 0.717) is 6.54 Å². The summed E-state index contributed by atoms with van der Waals surface area (Å²) in [6.45, 7) is 1.13. The number of hydrogen-bond acceptors (Lipinski definition) is 9. The molecule has 1 spiro atoms. The van der Waals surface area contributed by atoms with Crippen LogP contribution in [-0.2, 0) is 32.1 Å². The van der Waals surface area contributed by atoms with Gasteiger partial charge in [0.15, 0.2) is 34.7 Å². The number of amides is 1. The Labute approximate surface area is 230 Å². The highest BCUT2D eigenvalue weighted by Gasteiger charge is 2.69. The molecule has 1 saturated heterocycles. The van der Waals surface area contributed by atoms with Crippen molar-refractivity contribution < 1.29 is 38.6 Å². The molecular formula is C29H34FN3O7. The van der Waals surface area contributed by atoms with Gasteiger partial charge < -0.3 is 15.9 Å². The van der Waals surface area contributed by atoms with Gasteiger partial charge in [-0.2, -0.15) is 0 Å². The molecule has 1 amide bonds. The van der Waals surface area contributed by atoms with Gasteiger partial charge in [-0.25, -0.2) is 4.39 Å². The number of ketones is 4. The number of phenolic OH excluding ortho intramolecular Hbond substituents is 1.